The molecule has 1 N–H and O–H groups in total. The van der Waals surface area contributed by atoms with Crippen LogP contribution in [0.5, 0.6) is 5.75 Å². The molecule has 0 aliphatic heterocycles. The van der Waals surface area contributed by atoms with Crippen LogP contribution in [-0.4, -0.2) is 35.9 Å². The highest BCUT2D eigenvalue weighted by molar-refractivity contribution is 6.32. The number of hydrogen-bond acceptors (Lipinski definition) is 3. The second-order valence-electron chi connectivity index (χ2n) is 6.55. The first kappa shape index (κ1) is 21.8. The zero-order chi connectivity index (χ0) is 20.5. The number of amides is 2. The predicted octanol–water partition coefficient (Wildman–Crippen LogP) is 5.01. The number of nitrogens with one attached hydrogen (secondary N) is 1. The Labute approximate surface area is 171 Å². The van der Waals surface area contributed by atoms with Crippen LogP contribution in [0.15, 0.2) is 48.5 Å². The third-order valence-corrected chi connectivity index (χ3v) is 4.47. The van der Waals surface area contributed by atoms with Gasteiger partial charge in [-0.3, -0.25) is 9.59 Å². The Bertz CT molecular complexity index is 804. The normalized spacial score (nSPS) is 11.6. The molecule has 5 nitrogen and oxygen atoms in total. The zero-order valence-corrected chi connectivity index (χ0v) is 17.3. The number of benzene rings is 2. The van der Waals surface area contributed by atoms with E-state index in [2.05, 4.69) is 5.32 Å². The highest BCUT2D eigenvalue weighted by Gasteiger charge is 2.18. The van der Waals surface area contributed by atoms with Crippen LogP contribution in [0.4, 0.5) is 5.69 Å². The smallest absolute Gasteiger partial charge is 0.265 e. The molecule has 0 aliphatic carbocycles. The maximum atomic E-state index is 12.7. The topological polar surface area (TPSA) is 58.6 Å². The van der Waals surface area contributed by atoms with Crippen molar-refractivity contribution < 1.29 is 14.3 Å². The predicted molar refractivity (Wildman–Crippen MR) is 113 cm³/mol. The number of rotatable bonds is 9. The molecule has 6 heteroatoms. The molecule has 28 heavy (non-hydrogen) atoms. The number of carbonyl (C=O) groups excluding carboxylic acids is 2. The number of nitrogens with zero attached hydrogens (tertiary/aromatic N) is 1. The highest BCUT2D eigenvalue weighted by Crippen LogP contribution is 2.24. The molecule has 0 bridgehead atoms. The van der Waals surface area contributed by atoms with E-state index in [1.54, 1.807) is 55.5 Å². The Kier molecular flexibility index (Phi) is 8.33. The lowest BCUT2D eigenvalue weighted by Gasteiger charge is -2.22. The summed E-state index contributed by atoms with van der Waals surface area (Å²) in [5.41, 5.74) is 1.11. The molecular formula is C22H27ClN2O3. The van der Waals surface area contributed by atoms with Gasteiger partial charge in [0.05, 0.1) is 5.02 Å². The molecule has 2 aromatic rings. The molecule has 2 rings (SSSR count). The maximum absolute atomic E-state index is 12.7. The second kappa shape index (κ2) is 10.7. The minimum absolute atomic E-state index is 0.0276. The second-order valence-corrected chi connectivity index (χ2v) is 6.96. The Morgan fingerprint density at radius 1 is 1.07 bits per heavy atom. The molecule has 1 atom stereocenters. The van der Waals surface area contributed by atoms with Crippen LogP contribution in [0.1, 0.15) is 44.0 Å². The Hall–Kier alpha value is -2.53. The third kappa shape index (κ3) is 5.99. The lowest BCUT2D eigenvalue weighted by Crippen LogP contribution is -2.33. The molecule has 0 radical (unpaired) electrons. The van der Waals surface area contributed by atoms with Crippen molar-refractivity contribution in [2.24, 2.45) is 0 Å². The van der Waals surface area contributed by atoms with Gasteiger partial charge >= 0.3 is 0 Å². The molecule has 0 saturated carbocycles. The van der Waals surface area contributed by atoms with Gasteiger partial charge in [0.25, 0.3) is 11.8 Å². The number of halogens is 1. The van der Waals surface area contributed by atoms with Gasteiger partial charge in [0.1, 0.15) is 5.75 Å². The van der Waals surface area contributed by atoms with Gasteiger partial charge in [0.15, 0.2) is 6.10 Å². The molecule has 150 valence electrons. The van der Waals surface area contributed by atoms with Gasteiger partial charge in [0, 0.05) is 24.3 Å². The van der Waals surface area contributed by atoms with Crippen LogP contribution in [0.25, 0.3) is 0 Å². The lowest BCUT2D eigenvalue weighted by atomic mass is 10.1. The van der Waals surface area contributed by atoms with E-state index >= 15 is 0 Å². The summed E-state index contributed by atoms with van der Waals surface area (Å²) in [6, 6.07) is 14.0. The lowest BCUT2D eigenvalue weighted by molar-refractivity contribution is -0.122. The summed E-state index contributed by atoms with van der Waals surface area (Å²) in [6.07, 6.45) is 1.06. The molecule has 0 heterocycles. The summed E-state index contributed by atoms with van der Waals surface area (Å²) in [7, 11) is 0. The summed E-state index contributed by atoms with van der Waals surface area (Å²) in [5, 5.41) is 3.25. The molecule has 0 fully saturated rings. The minimum Gasteiger partial charge on any atom is -0.479 e. The number of carbonyl (C=O) groups is 2. The average molecular weight is 403 g/mol. The SMILES string of the molecule is CCCN(CCC)C(=O)c1cccc(NC(=O)C(C)Oc2ccccc2Cl)c1. The van der Waals surface area contributed by atoms with Crippen LogP contribution in [-0.2, 0) is 4.79 Å². The summed E-state index contributed by atoms with van der Waals surface area (Å²) in [4.78, 5) is 27.1. The van der Waals surface area contributed by atoms with Crippen LogP contribution >= 0.6 is 11.6 Å². The first-order valence-corrected chi connectivity index (χ1v) is 9.95. The van der Waals surface area contributed by atoms with E-state index in [9.17, 15) is 9.59 Å². The molecule has 0 saturated heterocycles. The first-order chi connectivity index (χ1) is 13.5. The van der Waals surface area contributed by atoms with E-state index in [1.165, 1.54) is 0 Å². The van der Waals surface area contributed by atoms with Crippen molar-refractivity contribution in [2.45, 2.75) is 39.7 Å². The van der Waals surface area contributed by atoms with Crippen molar-refractivity contribution in [3.05, 3.63) is 59.1 Å². The maximum Gasteiger partial charge on any atom is 0.265 e. The Morgan fingerprint density at radius 2 is 1.75 bits per heavy atom. The van der Waals surface area contributed by atoms with E-state index in [0.717, 1.165) is 12.8 Å². The van der Waals surface area contributed by atoms with Gasteiger partial charge in [0.2, 0.25) is 0 Å². The first-order valence-electron chi connectivity index (χ1n) is 9.57. The fraction of sp³-hybridized carbons (Fsp3) is 0.364. The van der Waals surface area contributed by atoms with Crippen LogP contribution in [0.2, 0.25) is 5.02 Å². The van der Waals surface area contributed by atoms with Crippen molar-refractivity contribution in [3.8, 4) is 5.75 Å². The highest BCUT2D eigenvalue weighted by atomic mass is 35.5. The van der Waals surface area contributed by atoms with Gasteiger partial charge in [-0.2, -0.15) is 0 Å². The molecule has 2 amide bonds. The van der Waals surface area contributed by atoms with Gasteiger partial charge < -0.3 is 15.0 Å². The van der Waals surface area contributed by atoms with Gasteiger partial charge in [-0.15, -0.1) is 0 Å². The van der Waals surface area contributed by atoms with Crippen molar-refractivity contribution in [1.82, 2.24) is 4.90 Å². The number of para-hydroxylation sites is 1. The average Bonchev–Trinajstić information content (AvgIpc) is 2.69. The summed E-state index contributed by atoms with van der Waals surface area (Å²) < 4.78 is 5.64. The van der Waals surface area contributed by atoms with Crippen molar-refractivity contribution in [2.75, 3.05) is 18.4 Å². The fourth-order valence-corrected chi connectivity index (χ4v) is 2.98. The minimum atomic E-state index is -0.740. The van der Waals surface area contributed by atoms with Crippen LogP contribution in [0.3, 0.4) is 0 Å². The Morgan fingerprint density at radius 3 is 2.39 bits per heavy atom. The summed E-state index contributed by atoms with van der Waals surface area (Å²) in [5.74, 6) is 0.106. The van der Waals surface area contributed by atoms with Crippen molar-refractivity contribution in [1.29, 1.82) is 0 Å². The monoisotopic (exact) mass is 402 g/mol. The number of anilines is 1. The molecule has 0 aliphatic rings. The van der Waals surface area contributed by atoms with E-state index < -0.39 is 6.10 Å². The van der Waals surface area contributed by atoms with Crippen molar-refractivity contribution >= 4 is 29.1 Å². The number of hydrogen-bond donors (Lipinski definition) is 1. The van der Waals surface area contributed by atoms with E-state index in [-0.39, 0.29) is 11.8 Å². The number of ether oxygens (including phenoxy) is 1. The zero-order valence-electron chi connectivity index (χ0n) is 16.6. The van der Waals surface area contributed by atoms with E-state index in [0.29, 0.717) is 35.1 Å². The largest absolute Gasteiger partial charge is 0.479 e. The Balaban J connectivity index is 2.06. The third-order valence-electron chi connectivity index (χ3n) is 4.16. The van der Waals surface area contributed by atoms with Gasteiger partial charge in [-0.1, -0.05) is 43.6 Å². The van der Waals surface area contributed by atoms with E-state index in [1.807, 2.05) is 18.7 Å². The summed E-state index contributed by atoms with van der Waals surface area (Å²) >= 11 is 6.07. The quantitative estimate of drug-likeness (QED) is 0.641. The molecule has 0 spiro atoms. The molecular weight excluding hydrogens is 376 g/mol. The fourth-order valence-electron chi connectivity index (χ4n) is 2.80. The summed E-state index contributed by atoms with van der Waals surface area (Å²) in [6.45, 7) is 7.18. The standard InChI is InChI=1S/C22H27ClN2O3/c1-4-13-25(14-5-2)22(27)17-9-8-10-18(15-17)24-21(26)16(3)28-20-12-7-6-11-19(20)23/h6-12,15-16H,4-5,13-14H2,1-3H3,(H,24,26). The van der Waals surface area contributed by atoms with Crippen LogP contribution < -0.4 is 10.1 Å². The molecule has 1 unspecified atom stereocenters. The van der Waals surface area contributed by atoms with Crippen LogP contribution in [0, 0.1) is 0 Å². The van der Waals surface area contributed by atoms with Gasteiger partial charge in [-0.25, -0.2) is 0 Å². The molecule has 2 aromatic carbocycles. The van der Waals surface area contributed by atoms with Gasteiger partial charge in [-0.05, 0) is 50.1 Å². The van der Waals surface area contributed by atoms with Crippen molar-refractivity contribution in [3.63, 3.8) is 0 Å². The van der Waals surface area contributed by atoms with E-state index in [4.69, 9.17) is 16.3 Å². The molecule has 0 aromatic heterocycles.